The Morgan fingerprint density at radius 3 is 2.54 bits per heavy atom. The third-order valence-electron chi connectivity index (χ3n) is 4.02. The summed E-state index contributed by atoms with van der Waals surface area (Å²) in [6, 6.07) is 9.76. The SMILES string of the molecule is CCCN1C(=O)C(Nc2ccc(C)cc2C)=C(c2cccs2)C1=O. The normalized spacial score (nSPS) is 14.7. The van der Waals surface area contributed by atoms with Crippen LogP contribution in [0.3, 0.4) is 0 Å². The van der Waals surface area contributed by atoms with Crippen molar-refractivity contribution < 1.29 is 9.59 Å². The summed E-state index contributed by atoms with van der Waals surface area (Å²) in [7, 11) is 0. The van der Waals surface area contributed by atoms with Crippen molar-refractivity contribution in [3.63, 3.8) is 0 Å². The number of carbonyl (C=O) groups is 2. The van der Waals surface area contributed by atoms with Gasteiger partial charge in [-0.1, -0.05) is 30.7 Å². The van der Waals surface area contributed by atoms with Crippen LogP contribution in [-0.2, 0) is 9.59 Å². The van der Waals surface area contributed by atoms with E-state index in [0.717, 1.165) is 28.1 Å². The molecule has 2 amide bonds. The zero-order valence-electron chi connectivity index (χ0n) is 14.1. The smallest absolute Gasteiger partial charge is 0.278 e. The van der Waals surface area contributed by atoms with Crippen molar-refractivity contribution in [3.8, 4) is 0 Å². The molecule has 24 heavy (non-hydrogen) atoms. The minimum atomic E-state index is -0.245. The Morgan fingerprint density at radius 1 is 1.12 bits per heavy atom. The molecule has 0 saturated heterocycles. The van der Waals surface area contributed by atoms with Crippen LogP contribution in [0.1, 0.15) is 29.3 Å². The molecule has 0 radical (unpaired) electrons. The molecule has 1 aliphatic rings. The van der Waals surface area contributed by atoms with Crippen LogP contribution in [0.2, 0.25) is 0 Å². The minimum absolute atomic E-state index is 0.212. The molecule has 2 aromatic rings. The number of aryl methyl sites for hydroxylation is 2. The Balaban J connectivity index is 2.05. The number of nitrogens with zero attached hydrogens (tertiary/aromatic N) is 1. The predicted molar refractivity (Wildman–Crippen MR) is 97.8 cm³/mol. The molecule has 5 heteroatoms. The summed E-state index contributed by atoms with van der Waals surface area (Å²) in [5.41, 5.74) is 3.91. The van der Waals surface area contributed by atoms with Crippen LogP contribution in [0.5, 0.6) is 0 Å². The first kappa shape index (κ1) is 16.5. The van der Waals surface area contributed by atoms with Gasteiger partial charge in [-0.25, -0.2) is 0 Å². The van der Waals surface area contributed by atoms with E-state index in [-0.39, 0.29) is 11.8 Å². The van der Waals surface area contributed by atoms with E-state index in [9.17, 15) is 9.59 Å². The van der Waals surface area contributed by atoms with Crippen molar-refractivity contribution in [2.75, 3.05) is 11.9 Å². The van der Waals surface area contributed by atoms with Gasteiger partial charge in [-0.15, -0.1) is 11.3 Å². The largest absolute Gasteiger partial charge is 0.350 e. The molecule has 1 aliphatic heterocycles. The number of imide groups is 1. The summed E-state index contributed by atoms with van der Waals surface area (Å²) in [5, 5.41) is 5.13. The fourth-order valence-corrected chi connectivity index (χ4v) is 3.62. The highest BCUT2D eigenvalue weighted by molar-refractivity contribution is 7.11. The zero-order chi connectivity index (χ0) is 17.3. The molecule has 3 rings (SSSR count). The van der Waals surface area contributed by atoms with Gasteiger partial charge in [0, 0.05) is 17.1 Å². The molecule has 0 spiro atoms. The molecular weight excluding hydrogens is 320 g/mol. The van der Waals surface area contributed by atoms with Gasteiger partial charge in [-0.3, -0.25) is 14.5 Å². The first-order valence-corrected chi connectivity index (χ1v) is 8.89. The van der Waals surface area contributed by atoms with E-state index in [1.54, 1.807) is 0 Å². The molecule has 0 bridgehead atoms. The van der Waals surface area contributed by atoms with E-state index >= 15 is 0 Å². The van der Waals surface area contributed by atoms with Gasteiger partial charge >= 0.3 is 0 Å². The topological polar surface area (TPSA) is 49.4 Å². The number of hydrogen-bond acceptors (Lipinski definition) is 4. The number of benzene rings is 1. The average molecular weight is 340 g/mol. The van der Waals surface area contributed by atoms with Crippen LogP contribution >= 0.6 is 11.3 Å². The van der Waals surface area contributed by atoms with Gasteiger partial charge in [-0.2, -0.15) is 0 Å². The molecule has 1 aromatic carbocycles. The number of carbonyl (C=O) groups excluding carboxylic acids is 2. The molecule has 124 valence electrons. The van der Waals surface area contributed by atoms with E-state index in [4.69, 9.17) is 0 Å². The quantitative estimate of drug-likeness (QED) is 0.838. The lowest BCUT2D eigenvalue weighted by Crippen LogP contribution is -2.33. The Morgan fingerprint density at radius 2 is 1.92 bits per heavy atom. The zero-order valence-corrected chi connectivity index (χ0v) is 14.9. The maximum Gasteiger partial charge on any atom is 0.278 e. The van der Waals surface area contributed by atoms with Crippen molar-refractivity contribution in [1.29, 1.82) is 0 Å². The van der Waals surface area contributed by atoms with Crippen molar-refractivity contribution in [2.45, 2.75) is 27.2 Å². The highest BCUT2D eigenvalue weighted by atomic mass is 32.1. The predicted octanol–water partition coefficient (Wildman–Crippen LogP) is 3.97. The lowest BCUT2D eigenvalue weighted by Gasteiger charge is -2.14. The number of rotatable bonds is 5. The van der Waals surface area contributed by atoms with E-state index < -0.39 is 0 Å². The summed E-state index contributed by atoms with van der Waals surface area (Å²) < 4.78 is 0. The van der Waals surface area contributed by atoms with Gasteiger partial charge in [0.15, 0.2) is 0 Å². The highest BCUT2D eigenvalue weighted by Gasteiger charge is 2.39. The van der Waals surface area contributed by atoms with Crippen LogP contribution in [0.25, 0.3) is 5.57 Å². The Kier molecular flexibility index (Phi) is 4.53. The monoisotopic (exact) mass is 340 g/mol. The Hall–Kier alpha value is -2.40. The Labute approximate surface area is 145 Å². The van der Waals surface area contributed by atoms with Crippen molar-refractivity contribution >= 4 is 34.4 Å². The second kappa shape index (κ2) is 6.61. The first-order chi connectivity index (χ1) is 11.5. The first-order valence-electron chi connectivity index (χ1n) is 8.01. The number of anilines is 1. The van der Waals surface area contributed by atoms with Crippen LogP contribution in [0.4, 0.5) is 5.69 Å². The van der Waals surface area contributed by atoms with E-state index in [0.29, 0.717) is 17.8 Å². The van der Waals surface area contributed by atoms with Crippen molar-refractivity contribution in [3.05, 3.63) is 57.4 Å². The molecule has 2 heterocycles. The average Bonchev–Trinajstić information content (AvgIpc) is 3.13. The maximum atomic E-state index is 12.8. The van der Waals surface area contributed by atoms with Gasteiger partial charge in [0.1, 0.15) is 5.70 Å². The van der Waals surface area contributed by atoms with Crippen LogP contribution < -0.4 is 5.32 Å². The van der Waals surface area contributed by atoms with Crippen LogP contribution in [0.15, 0.2) is 41.4 Å². The lowest BCUT2D eigenvalue weighted by atomic mass is 10.1. The molecule has 0 aliphatic carbocycles. The molecule has 0 unspecified atom stereocenters. The van der Waals surface area contributed by atoms with Gasteiger partial charge in [0.05, 0.1) is 5.57 Å². The van der Waals surface area contributed by atoms with E-state index in [1.807, 2.05) is 50.4 Å². The van der Waals surface area contributed by atoms with E-state index in [2.05, 4.69) is 11.4 Å². The summed E-state index contributed by atoms with van der Waals surface area (Å²) >= 11 is 1.47. The summed E-state index contributed by atoms with van der Waals surface area (Å²) in [6.45, 7) is 6.41. The van der Waals surface area contributed by atoms with Crippen molar-refractivity contribution in [1.82, 2.24) is 4.90 Å². The Bertz CT molecular complexity index is 822. The van der Waals surface area contributed by atoms with E-state index in [1.165, 1.54) is 16.2 Å². The maximum absolute atomic E-state index is 12.8. The van der Waals surface area contributed by atoms with Gasteiger partial charge in [0.2, 0.25) is 0 Å². The molecule has 1 N–H and O–H groups in total. The fraction of sp³-hybridized carbons (Fsp3) is 0.263. The highest BCUT2D eigenvalue weighted by Crippen LogP contribution is 2.33. The third kappa shape index (κ3) is 2.87. The number of amides is 2. The molecule has 1 aromatic heterocycles. The molecular formula is C19H20N2O2S. The standard InChI is InChI=1S/C19H20N2O2S/c1-4-9-21-18(22)16(15-6-5-10-24-15)17(19(21)23)20-14-8-7-12(2)11-13(14)3/h5-8,10-11,20H,4,9H2,1-3H3. The lowest BCUT2D eigenvalue weighted by molar-refractivity contribution is -0.136. The van der Waals surface area contributed by atoms with Crippen molar-refractivity contribution in [2.24, 2.45) is 0 Å². The molecule has 0 atom stereocenters. The fourth-order valence-electron chi connectivity index (χ4n) is 2.86. The van der Waals surface area contributed by atoms with Gasteiger partial charge in [0.25, 0.3) is 11.8 Å². The number of hydrogen-bond donors (Lipinski definition) is 1. The molecule has 0 saturated carbocycles. The number of nitrogens with one attached hydrogen (secondary N) is 1. The summed E-state index contributed by atoms with van der Waals surface area (Å²) in [5.74, 6) is -0.457. The number of thiophene rings is 1. The van der Waals surface area contributed by atoms with Gasteiger partial charge < -0.3 is 5.32 Å². The van der Waals surface area contributed by atoms with Gasteiger partial charge in [-0.05, 0) is 43.3 Å². The minimum Gasteiger partial charge on any atom is -0.350 e. The van der Waals surface area contributed by atoms with Crippen LogP contribution in [0, 0.1) is 13.8 Å². The second-order valence-electron chi connectivity index (χ2n) is 5.93. The molecule has 4 nitrogen and oxygen atoms in total. The second-order valence-corrected chi connectivity index (χ2v) is 6.88. The molecule has 0 fully saturated rings. The summed E-state index contributed by atoms with van der Waals surface area (Å²) in [6.07, 6.45) is 0.742. The van der Waals surface area contributed by atoms with Crippen LogP contribution in [-0.4, -0.2) is 23.3 Å². The third-order valence-corrected chi connectivity index (χ3v) is 4.91. The summed E-state index contributed by atoms with van der Waals surface area (Å²) in [4.78, 5) is 27.7.